The molecule has 1 aliphatic carbocycles. The van der Waals surface area contributed by atoms with Crippen LogP contribution in [0, 0.1) is 11.8 Å². The molecule has 3 atom stereocenters. The maximum Gasteiger partial charge on any atom is 0.233 e. The highest BCUT2D eigenvalue weighted by Gasteiger charge is 2.47. The number of hydrogen-bond donors (Lipinski definition) is 1. The summed E-state index contributed by atoms with van der Waals surface area (Å²) in [7, 11) is 0. The molecular weight excluding hydrogens is 316 g/mol. The second kappa shape index (κ2) is 7.81. The van der Waals surface area contributed by atoms with E-state index >= 15 is 0 Å². The van der Waals surface area contributed by atoms with Gasteiger partial charge >= 0.3 is 0 Å². The van der Waals surface area contributed by atoms with Gasteiger partial charge in [-0.25, -0.2) is 0 Å². The van der Waals surface area contributed by atoms with E-state index in [9.17, 15) is 14.4 Å². The number of fused-ring (bicyclic) bond motifs is 1. The van der Waals surface area contributed by atoms with Crippen molar-refractivity contribution in [2.45, 2.75) is 44.9 Å². The number of nitrogens with zero attached hydrogens (tertiary/aromatic N) is 1. The first-order valence-electron chi connectivity index (χ1n) is 9.25. The maximum absolute atomic E-state index is 12.4. The Morgan fingerprint density at radius 3 is 2.32 bits per heavy atom. The van der Waals surface area contributed by atoms with Gasteiger partial charge in [0.2, 0.25) is 17.7 Å². The standard InChI is InChI=1S/C20H26N2O3/c1-14(15-7-3-2-4-8-15)13-21-18(23)11-12-22-19(24)16-9-5-6-10-17(16)20(22)25/h2-4,7-8,14,16-17H,5-6,9-13H2,1H3,(H,21,23)/t14-,16-,17+/m1/s1. The molecule has 1 N–H and O–H groups in total. The fourth-order valence-corrected chi connectivity index (χ4v) is 3.92. The fourth-order valence-electron chi connectivity index (χ4n) is 3.92. The number of carbonyl (C=O) groups excluding carboxylic acids is 3. The number of rotatable bonds is 6. The first-order chi connectivity index (χ1) is 12.1. The van der Waals surface area contributed by atoms with Crippen LogP contribution in [0.15, 0.2) is 30.3 Å². The van der Waals surface area contributed by atoms with E-state index in [0.717, 1.165) is 25.7 Å². The molecule has 0 radical (unpaired) electrons. The lowest BCUT2D eigenvalue weighted by atomic mass is 9.81. The van der Waals surface area contributed by atoms with Crippen molar-refractivity contribution in [3.05, 3.63) is 35.9 Å². The summed E-state index contributed by atoms with van der Waals surface area (Å²) >= 11 is 0. The Morgan fingerprint density at radius 2 is 1.72 bits per heavy atom. The van der Waals surface area contributed by atoms with Crippen molar-refractivity contribution < 1.29 is 14.4 Å². The van der Waals surface area contributed by atoms with E-state index in [1.54, 1.807) is 0 Å². The molecular formula is C20H26N2O3. The highest BCUT2D eigenvalue weighted by atomic mass is 16.2. The minimum Gasteiger partial charge on any atom is -0.355 e. The van der Waals surface area contributed by atoms with Crippen LogP contribution in [0.25, 0.3) is 0 Å². The molecule has 25 heavy (non-hydrogen) atoms. The number of hydrogen-bond acceptors (Lipinski definition) is 3. The molecule has 0 spiro atoms. The highest BCUT2D eigenvalue weighted by molar-refractivity contribution is 6.05. The minimum absolute atomic E-state index is 0.0693. The Bertz CT molecular complexity index is 620. The summed E-state index contributed by atoms with van der Waals surface area (Å²) in [6, 6.07) is 10.0. The van der Waals surface area contributed by atoms with Gasteiger partial charge < -0.3 is 5.32 Å². The molecule has 0 bridgehead atoms. The molecule has 1 aliphatic heterocycles. The molecule has 1 heterocycles. The third-order valence-electron chi connectivity index (χ3n) is 5.47. The van der Waals surface area contributed by atoms with Crippen LogP contribution in [0.1, 0.15) is 50.5 Å². The zero-order valence-electron chi connectivity index (χ0n) is 14.7. The molecule has 2 fully saturated rings. The van der Waals surface area contributed by atoms with Crippen LogP contribution in [-0.4, -0.2) is 35.7 Å². The Morgan fingerprint density at radius 1 is 1.12 bits per heavy atom. The second-order valence-corrected chi connectivity index (χ2v) is 7.19. The molecule has 1 saturated heterocycles. The lowest BCUT2D eigenvalue weighted by molar-refractivity contribution is -0.140. The lowest BCUT2D eigenvalue weighted by Crippen LogP contribution is -2.36. The monoisotopic (exact) mass is 342 g/mol. The van der Waals surface area contributed by atoms with E-state index < -0.39 is 0 Å². The molecule has 5 heteroatoms. The lowest BCUT2D eigenvalue weighted by Gasteiger charge is -2.19. The SMILES string of the molecule is C[C@H](CNC(=O)CCN1C(=O)[C@H]2CCCC[C@H]2C1=O)c1ccccc1. The summed E-state index contributed by atoms with van der Waals surface area (Å²) < 4.78 is 0. The Labute approximate surface area is 148 Å². The van der Waals surface area contributed by atoms with Crippen LogP contribution in [0.3, 0.4) is 0 Å². The van der Waals surface area contributed by atoms with Crippen molar-refractivity contribution in [2.75, 3.05) is 13.1 Å². The van der Waals surface area contributed by atoms with Gasteiger partial charge in [-0.05, 0) is 24.3 Å². The molecule has 1 aromatic rings. The van der Waals surface area contributed by atoms with Crippen LogP contribution in [-0.2, 0) is 14.4 Å². The Kier molecular flexibility index (Phi) is 5.51. The van der Waals surface area contributed by atoms with Crippen LogP contribution in [0.4, 0.5) is 0 Å². The van der Waals surface area contributed by atoms with E-state index in [1.165, 1.54) is 10.5 Å². The third kappa shape index (κ3) is 3.91. The van der Waals surface area contributed by atoms with Crippen molar-refractivity contribution in [3.63, 3.8) is 0 Å². The summed E-state index contributed by atoms with van der Waals surface area (Å²) in [4.78, 5) is 38.2. The summed E-state index contributed by atoms with van der Waals surface area (Å²) in [5.41, 5.74) is 1.18. The fraction of sp³-hybridized carbons (Fsp3) is 0.550. The smallest absolute Gasteiger partial charge is 0.233 e. The number of nitrogens with one attached hydrogen (secondary N) is 1. The first-order valence-corrected chi connectivity index (χ1v) is 9.25. The van der Waals surface area contributed by atoms with Crippen LogP contribution in [0.2, 0.25) is 0 Å². The second-order valence-electron chi connectivity index (χ2n) is 7.19. The third-order valence-corrected chi connectivity index (χ3v) is 5.47. The molecule has 2 aliphatic rings. The number of benzene rings is 1. The zero-order valence-corrected chi connectivity index (χ0v) is 14.7. The van der Waals surface area contributed by atoms with Gasteiger partial charge in [-0.15, -0.1) is 0 Å². The molecule has 3 rings (SSSR count). The van der Waals surface area contributed by atoms with Crippen molar-refractivity contribution >= 4 is 17.7 Å². The first kappa shape index (κ1) is 17.6. The Hall–Kier alpha value is -2.17. The van der Waals surface area contributed by atoms with Crippen LogP contribution < -0.4 is 5.32 Å². The van der Waals surface area contributed by atoms with Crippen molar-refractivity contribution in [2.24, 2.45) is 11.8 Å². The summed E-state index contributed by atoms with van der Waals surface area (Å²) in [5, 5.41) is 2.91. The molecule has 1 saturated carbocycles. The van der Waals surface area contributed by atoms with E-state index in [4.69, 9.17) is 0 Å². The molecule has 0 aromatic heterocycles. The summed E-state index contributed by atoms with van der Waals surface area (Å²) in [6.45, 7) is 2.82. The van der Waals surface area contributed by atoms with Gasteiger partial charge in [0.15, 0.2) is 0 Å². The molecule has 3 amide bonds. The quantitative estimate of drug-likeness (QED) is 0.808. The molecule has 0 unspecified atom stereocenters. The van der Waals surface area contributed by atoms with E-state index in [1.807, 2.05) is 30.3 Å². The molecule has 5 nitrogen and oxygen atoms in total. The van der Waals surface area contributed by atoms with Crippen molar-refractivity contribution in [1.82, 2.24) is 10.2 Å². The number of imide groups is 1. The predicted molar refractivity (Wildman–Crippen MR) is 94.7 cm³/mol. The van der Waals surface area contributed by atoms with Crippen LogP contribution in [0.5, 0.6) is 0 Å². The van der Waals surface area contributed by atoms with E-state index in [2.05, 4.69) is 12.2 Å². The summed E-state index contributed by atoms with van der Waals surface area (Å²) in [6.07, 6.45) is 3.84. The predicted octanol–water partition coefficient (Wildman–Crippen LogP) is 2.47. The minimum atomic E-state index is -0.137. The number of likely N-dealkylation sites (tertiary alicyclic amines) is 1. The molecule has 1 aromatic carbocycles. The van der Waals surface area contributed by atoms with Gasteiger partial charge in [0.05, 0.1) is 11.8 Å². The van der Waals surface area contributed by atoms with Gasteiger partial charge in [-0.1, -0.05) is 50.1 Å². The zero-order chi connectivity index (χ0) is 17.8. The largest absolute Gasteiger partial charge is 0.355 e. The van der Waals surface area contributed by atoms with Crippen LogP contribution >= 0.6 is 0 Å². The van der Waals surface area contributed by atoms with E-state index in [-0.39, 0.29) is 48.4 Å². The van der Waals surface area contributed by atoms with Gasteiger partial charge in [0.25, 0.3) is 0 Å². The van der Waals surface area contributed by atoms with Crippen molar-refractivity contribution in [1.29, 1.82) is 0 Å². The van der Waals surface area contributed by atoms with Gasteiger partial charge in [-0.2, -0.15) is 0 Å². The normalized spacial score (nSPS) is 24.1. The Balaban J connectivity index is 1.46. The topological polar surface area (TPSA) is 66.5 Å². The van der Waals surface area contributed by atoms with E-state index in [0.29, 0.717) is 6.54 Å². The average Bonchev–Trinajstić information content (AvgIpc) is 2.89. The number of carbonyl (C=O) groups is 3. The van der Waals surface area contributed by atoms with Gasteiger partial charge in [0, 0.05) is 19.5 Å². The number of amides is 3. The average molecular weight is 342 g/mol. The van der Waals surface area contributed by atoms with Gasteiger partial charge in [-0.3, -0.25) is 19.3 Å². The highest BCUT2D eigenvalue weighted by Crippen LogP contribution is 2.37. The maximum atomic E-state index is 12.4. The molecule has 134 valence electrons. The van der Waals surface area contributed by atoms with Crippen molar-refractivity contribution in [3.8, 4) is 0 Å². The van der Waals surface area contributed by atoms with Gasteiger partial charge in [0.1, 0.15) is 0 Å². The summed E-state index contributed by atoms with van der Waals surface area (Å²) in [5.74, 6) is -0.300.